The minimum absolute atomic E-state index is 0.198. The van der Waals surface area contributed by atoms with Crippen LogP contribution in [0.5, 0.6) is 5.75 Å². The monoisotopic (exact) mass is 385 g/mol. The highest BCUT2D eigenvalue weighted by Gasteiger charge is 2.11. The third kappa shape index (κ3) is 3.87. The molecule has 0 saturated carbocycles. The Hall–Kier alpha value is -3.93. The molecule has 6 nitrogen and oxygen atoms in total. The Morgan fingerprint density at radius 1 is 1.03 bits per heavy atom. The number of nitrogens with one attached hydrogen (secondary N) is 1. The summed E-state index contributed by atoms with van der Waals surface area (Å²) in [7, 11) is 1.59. The number of nitrogens with zero attached hydrogens (tertiary/aromatic N) is 2. The number of aromatic nitrogens is 2. The number of methoxy groups -OCH3 is 1. The van der Waals surface area contributed by atoms with Gasteiger partial charge >= 0.3 is 0 Å². The molecule has 0 aliphatic rings. The number of hydrogen-bond acceptors (Lipinski definition) is 4. The Balaban J connectivity index is 1.60. The summed E-state index contributed by atoms with van der Waals surface area (Å²) in [6.07, 6.45) is 1.47. The molecule has 144 valence electrons. The van der Waals surface area contributed by atoms with Crippen LogP contribution in [0.2, 0.25) is 0 Å². The average molecular weight is 385 g/mol. The smallest absolute Gasteiger partial charge is 0.265 e. The number of fused-ring (bicyclic) bond motifs is 1. The van der Waals surface area contributed by atoms with Crippen LogP contribution in [0.1, 0.15) is 15.9 Å². The Bertz CT molecular complexity index is 1220. The lowest BCUT2D eigenvalue weighted by molar-refractivity contribution is 0.0951. The largest absolute Gasteiger partial charge is 0.497 e. The normalized spacial score (nSPS) is 10.7. The number of hydrogen-bond donors (Lipinski definition) is 1. The summed E-state index contributed by atoms with van der Waals surface area (Å²) < 4.78 is 6.62. The van der Waals surface area contributed by atoms with Gasteiger partial charge in [-0.15, -0.1) is 0 Å². The van der Waals surface area contributed by atoms with Crippen molar-refractivity contribution in [2.45, 2.75) is 6.54 Å². The summed E-state index contributed by atoms with van der Waals surface area (Å²) in [5.74, 6) is 0.499. The van der Waals surface area contributed by atoms with E-state index in [1.165, 1.54) is 10.9 Å². The highest BCUT2D eigenvalue weighted by Crippen LogP contribution is 2.15. The zero-order valence-electron chi connectivity index (χ0n) is 15.8. The minimum Gasteiger partial charge on any atom is -0.497 e. The third-order valence-corrected chi connectivity index (χ3v) is 4.67. The molecule has 0 radical (unpaired) electrons. The molecule has 0 bridgehead atoms. The molecule has 1 heterocycles. The van der Waals surface area contributed by atoms with E-state index in [9.17, 15) is 9.59 Å². The molecule has 0 atom stereocenters. The maximum atomic E-state index is 12.9. The standard InChI is InChI=1S/C23H19N3O3/c1-29-19-10-8-18(9-11-19)26-15-25-21-13-17(7-12-20(21)23(26)28)22(27)24-14-16-5-3-2-4-6-16/h2-13,15H,14H2,1H3,(H,24,27). The highest BCUT2D eigenvalue weighted by atomic mass is 16.5. The lowest BCUT2D eigenvalue weighted by Crippen LogP contribution is -2.23. The molecule has 0 aliphatic heterocycles. The van der Waals surface area contributed by atoms with Gasteiger partial charge in [0.1, 0.15) is 12.1 Å². The zero-order chi connectivity index (χ0) is 20.2. The SMILES string of the molecule is COc1ccc(-n2cnc3cc(C(=O)NCc4ccccc4)ccc3c2=O)cc1. The fourth-order valence-electron chi connectivity index (χ4n) is 3.07. The first-order valence-corrected chi connectivity index (χ1v) is 9.14. The van der Waals surface area contributed by atoms with E-state index in [0.717, 1.165) is 5.56 Å². The fourth-order valence-corrected chi connectivity index (χ4v) is 3.07. The summed E-state index contributed by atoms with van der Waals surface area (Å²) in [4.78, 5) is 29.7. The molecule has 1 N–H and O–H groups in total. The van der Waals surface area contributed by atoms with Gasteiger partial charge in [-0.05, 0) is 48.0 Å². The molecule has 4 rings (SSSR count). The number of rotatable bonds is 5. The van der Waals surface area contributed by atoms with E-state index in [4.69, 9.17) is 4.74 Å². The topological polar surface area (TPSA) is 73.2 Å². The van der Waals surface area contributed by atoms with Crippen LogP contribution < -0.4 is 15.6 Å². The van der Waals surface area contributed by atoms with Crippen LogP contribution in [-0.4, -0.2) is 22.6 Å². The lowest BCUT2D eigenvalue weighted by atomic mass is 10.1. The Morgan fingerprint density at radius 2 is 1.79 bits per heavy atom. The summed E-state index contributed by atoms with van der Waals surface area (Å²) >= 11 is 0. The van der Waals surface area contributed by atoms with E-state index in [-0.39, 0.29) is 11.5 Å². The van der Waals surface area contributed by atoms with Crippen LogP contribution in [0.25, 0.3) is 16.6 Å². The van der Waals surface area contributed by atoms with Crippen molar-refractivity contribution in [3.05, 3.63) is 101 Å². The van der Waals surface area contributed by atoms with Gasteiger partial charge in [0, 0.05) is 12.1 Å². The second kappa shape index (κ2) is 7.98. The number of benzene rings is 3. The van der Waals surface area contributed by atoms with E-state index < -0.39 is 0 Å². The number of amides is 1. The van der Waals surface area contributed by atoms with Crippen molar-refractivity contribution in [3.63, 3.8) is 0 Å². The number of carbonyl (C=O) groups is 1. The second-order valence-electron chi connectivity index (χ2n) is 6.52. The van der Waals surface area contributed by atoms with Gasteiger partial charge in [-0.25, -0.2) is 4.98 Å². The first-order valence-electron chi connectivity index (χ1n) is 9.14. The minimum atomic E-state index is -0.211. The predicted octanol–water partition coefficient (Wildman–Crippen LogP) is 3.32. The Labute approximate surface area is 167 Å². The van der Waals surface area contributed by atoms with Gasteiger partial charge in [0.15, 0.2) is 0 Å². The molecule has 0 spiro atoms. The zero-order valence-corrected chi connectivity index (χ0v) is 15.8. The molecular formula is C23H19N3O3. The maximum Gasteiger partial charge on any atom is 0.265 e. The van der Waals surface area contributed by atoms with Crippen molar-refractivity contribution in [1.82, 2.24) is 14.9 Å². The Kier molecular flexibility index (Phi) is 5.07. The van der Waals surface area contributed by atoms with Crippen LogP contribution >= 0.6 is 0 Å². The van der Waals surface area contributed by atoms with Crippen molar-refractivity contribution >= 4 is 16.8 Å². The maximum absolute atomic E-state index is 12.9. The molecule has 0 fully saturated rings. The van der Waals surface area contributed by atoms with Gasteiger partial charge in [0.05, 0.1) is 23.7 Å². The third-order valence-electron chi connectivity index (χ3n) is 4.67. The number of ether oxygens (including phenoxy) is 1. The van der Waals surface area contributed by atoms with E-state index in [0.29, 0.717) is 34.4 Å². The molecule has 1 amide bonds. The summed E-state index contributed by atoms with van der Waals surface area (Å²) in [6, 6.07) is 21.7. The molecule has 0 unspecified atom stereocenters. The van der Waals surface area contributed by atoms with Crippen molar-refractivity contribution < 1.29 is 9.53 Å². The lowest BCUT2D eigenvalue weighted by Gasteiger charge is -2.09. The van der Waals surface area contributed by atoms with Gasteiger partial charge in [-0.2, -0.15) is 0 Å². The molecule has 6 heteroatoms. The first kappa shape index (κ1) is 18.4. The summed E-state index contributed by atoms with van der Waals surface area (Å²) in [6.45, 7) is 0.435. The van der Waals surface area contributed by atoms with Crippen molar-refractivity contribution in [2.75, 3.05) is 7.11 Å². The van der Waals surface area contributed by atoms with Gasteiger partial charge in [0.2, 0.25) is 0 Å². The van der Waals surface area contributed by atoms with Crippen LogP contribution in [0, 0.1) is 0 Å². The van der Waals surface area contributed by atoms with E-state index in [2.05, 4.69) is 10.3 Å². The molecular weight excluding hydrogens is 366 g/mol. The Morgan fingerprint density at radius 3 is 2.52 bits per heavy atom. The van der Waals surface area contributed by atoms with E-state index in [1.807, 2.05) is 30.3 Å². The van der Waals surface area contributed by atoms with Crippen LogP contribution in [0.3, 0.4) is 0 Å². The van der Waals surface area contributed by atoms with E-state index in [1.54, 1.807) is 49.6 Å². The van der Waals surface area contributed by atoms with Crippen molar-refractivity contribution in [3.8, 4) is 11.4 Å². The molecule has 3 aromatic carbocycles. The summed E-state index contributed by atoms with van der Waals surface area (Å²) in [5.41, 5.74) is 2.45. The molecule has 0 aliphatic carbocycles. The van der Waals surface area contributed by atoms with Gasteiger partial charge < -0.3 is 10.1 Å². The van der Waals surface area contributed by atoms with Gasteiger partial charge in [-0.3, -0.25) is 14.2 Å². The van der Waals surface area contributed by atoms with Crippen molar-refractivity contribution in [1.29, 1.82) is 0 Å². The summed E-state index contributed by atoms with van der Waals surface area (Å²) in [5, 5.41) is 3.33. The number of carbonyl (C=O) groups excluding carboxylic acids is 1. The predicted molar refractivity (Wildman–Crippen MR) is 112 cm³/mol. The highest BCUT2D eigenvalue weighted by molar-refractivity contribution is 5.97. The second-order valence-corrected chi connectivity index (χ2v) is 6.52. The van der Waals surface area contributed by atoms with Crippen LogP contribution in [0.15, 0.2) is 83.9 Å². The van der Waals surface area contributed by atoms with Gasteiger partial charge in [-0.1, -0.05) is 30.3 Å². The fraction of sp³-hybridized carbons (Fsp3) is 0.0870. The average Bonchev–Trinajstić information content (AvgIpc) is 2.78. The quantitative estimate of drug-likeness (QED) is 0.572. The van der Waals surface area contributed by atoms with E-state index >= 15 is 0 Å². The van der Waals surface area contributed by atoms with Crippen LogP contribution in [0.4, 0.5) is 0 Å². The van der Waals surface area contributed by atoms with Gasteiger partial charge in [0.25, 0.3) is 11.5 Å². The van der Waals surface area contributed by atoms with Crippen LogP contribution in [-0.2, 0) is 6.54 Å². The van der Waals surface area contributed by atoms with Crippen molar-refractivity contribution in [2.24, 2.45) is 0 Å². The molecule has 0 saturated heterocycles. The first-order chi connectivity index (χ1) is 14.2. The molecule has 29 heavy (non-hydrogen) atoms. The molecule has 1 aromatic heterocycles. The molecule has 4 aromatic rings.